The molecule has 0 unspecified atom stereocenters. The highest BCUT2D eigenvalue weighted by Gasteiger charge is 2.23. The van der Waals surface area contributed by atoms with Crippen molar-refractivity contribution in [3.63, 3.8) is 0 Å². The SMILES string of the molecule is CCOC(=O)c1c(-c2ccc(C)c(C)c2)csc1NC(=O)COc1ccc(Br)cc1. The van der Waals surface area contributed by atoms with Gasteiger partial charge in [0.15, 0.2) is 6.61 Å². The molecule has 5 nitrogen and oxygen atoms in total. The molecule has 1 aromatic heterocycles. The molecule has 3 aromatic rings. The Hall–Kier alpha value is -2.64. The van der Waals surface area contributed by atoms with E-state index < -0.39 is 5.97 Å². The van der Waals surface area contributed by atoms with Crippen LogP contribution < -0.4 is 10.1 Å². The third-order valence-corrected chi connectivity index (χ3v) is 5.95. The summed E-state index contributed by atoms with van der Waals surface area (Å²) < 4.78 is 11.7. The number of aryl methyl sites for hydroxylation is 2. The molecule has 156 valence electrons. The van der Waals surface area contributed by atoms with Crippen LogP contribution in [0.25, 0.3) is 11.1 Å². The molecule has 0 atom stereocenters. The largest absolute Gasteiger partial charge is 0.484 e. The van der Waals surface area contributed by atoms with E-state index in [0.717, 1.165) is 21.2 Å². The molecule has 7 heteroatoms. The molecule has 0 fully saturated rings. The van der Waals surface area contributed by atoms with Gasteiger partial charge in [0.25, 0.3) is 5.91 Å². The summed E-state index contributed by atoms with van der Waals surface area (Å²) in [6.07, 6.45) is 0. The molecule has 0 radical (unpaired) electrons. The summed E-state index contributed by atoms with van der Waals surface area (Å²) in [4.78, 5) is 25.1. The molecular formula is C23H22BrNO4S. The molecule has 1 heterocycles. The molecule has 0 aliphatic rings. The second-order valence-electron chi connectivity index (χ2n) is 6.66. The van der Waals surface area contributed by atoms with Gasteiger partial charge in [-0.1, -0.05) is 34.1 Å². The lowest BCUT2D eigenvalue weighted by Gasteiger charge is -2.10. The first-order chi connectivity index (χ1) is 14.4. The molecule has 0 bridgehead atoms. The van der Waals surface area contributed by atoms with Crippen LogP contribution in [0.3, 0.4) is 0 Å². The van der Waals surface area contributed by atoms with Gasteiger partial charge in [-0.3, -0.25) is 4.79 Å². The van der Waals surface area contributed by atoms with Crippen molar-refractivity contribution in [2.24, 2.45) is 0 Å². The number of anilines is 1. The van der Waals surface area contributed by atoms with Crippen molar-refractivity contribution in [1.29, 1.82) is 0 Å². The molecule has 0 aliphatic heterocycles. The Bertz CT molecular complexity index is 1060. The van der Waals surface area contributed by atoms with Crippen molar-refractivity contribution in [1.82, 2.24) is 0 Å². The van der Waals surface area contributed by atoms with Crippen LogP contribution in [-0.4, -0.2) is 25.1 Å². The quantitative estimate of drug-likeness (QED) is 0.415. The van der Waals surface area contributed by atoms with Gasteiger partial charge in [0.2, 0.25) is 0 Å². The second kappa shape index (κ2) is 9.91. The summed E-state index contributed by atoms with van der Waals surface area (Å²) >= 11 is 4.65. The predicted octanol–water partition coefficient (Wildman–Crippen LogP) is 5.99. The summed E-state index contributed by atoms with van der Waals surface area (Å²) in [6.45, 7) is 5.90. The number of thiophene rings is 1. The number of carbonyl (C=O) groups is 2. The van der Waals surface area contributed by atoms with Gasteiger partial charge in [-0.25, -0.2) is 4.79 Å². The molecule has 30 heavy (non-hydrogen) atoms. The van der Waals surface area contributed by atoms with Crippen LogP contribution >= 0.6 is 27.3 Å². The van der Waals surface area contributed by atoms with Crippen molar-refractivity contribution in [3.05, 3.63) is 69.0 Å². The maximum absolute atomic E-state index is 12.7. The number of rotatable bonds is 7. The molecule has 0 saturated heterocycles. The topological polar surface area (TPSA) is 64.6 Å². The zero-order valence-electron chi connectivity index (χ0n) is 17.0. The van der Waals surface area contributed by atoms with E-state index in [1.165, 1.54) is 16.9 Å². The van der Waals surface area contributed by atoms with Crippen molar-refractivity contribution in [2.45, 2.75) is 20.8 Å². The van der Waals surface area contributed by atoms with Gasteiger partial charge in [0.1, 0.15) is 16.3 Å². The number of halogens is 1. The number of ether oxygens (including phenoxy) is 2. The predicted molar refractivity (Wildman–Crippen MR) is 123 cm³/mol. The highest BCUT2D eigenvalue weighted by atomic mass is 79.9. The van der Waals surface area contributed by atoms with Crippen LogP contribution in [0.4, 0.5) is 5.00 Å². The molecule has 0 aliphatic carbocycles. The minimum absolute atomic E-state index is 0.166. The first-order valence-corrected chi connectivity index (χ1v) is 11.1. The van der Waals surface area contributed by atoms with E-state index in [1.807, 2.05) is 49.6 Å². The lowest BCUT2D eigenvalue weighted by molar-refractivity contribution is -0.118. The minimum Gasteiger partial charge on any atom is -0.484 e. The van der Waals surface area contributed by atoms with E-state index in [2.05, 4.69) is 21.2 Å². The average molecular weight is 488 g/mol. The van der Waals surface area contributed by atoms with Crippen LogP contribution in [0.2, 0.25) is 0 Å². The van der Waals surface area contributed by atoms with Crippen LogP contribution in [0, 0.1) is 13.8 Å². The first-order valence-electron chi connectivity index (χ1n) is 9.43. The monoisotopic (exact) mass is 487 g/mol. The summed E-state index contributed by atoms with van der Waals surface area (Å²) in [7, 11) is 0. The minimum atomic E-state index is -0.462. The second-order valence-corrected chi connectivity index (χ2v) is 8.46. The number of benzene rings is 2. The van der Waals surface area contributed by atoms with E-state index in [1.54, 1.807) is 19.1 Å². The van der Waals surface area contributed by atoms with E-state index >= 15 is 0 Å². The molecule has 2 aromatic carbocycles. The van der Waals surface area contributed by atoms with Crippen molar-refractivity contribution < 1.29 is 19.1 Å². The summed E-state index contributed by atoms with van der Waals surface area (Å²) in [6, 6.07) is 13.2. The average Bonchev–Trinajstić information content (AvgIpc) is 3.13. The Kier molecular flexibility index (Phi) is 7.29. The summed E-state index contributed by atoms with van der Waals surface area (Å²) in [5.74, 6) is -0.228. The lowest BCUT2D eigenvalue weighted by Crippen LogP contribution is -2.21. The van der Waals surface area contributed by atoms with Crippen LogP contribution in [0.5, 0.6) is 5.75 Å². The molecular weight excluding hydrogens is 466 g/mol. The van der Waals surface area contributed by atoms with Gasteiger partial charge in [-0.2, -0.15) is 0 Å². The van der Waals surface area contributed by atoms with Gasteiger partial charge in [0.05, 0.1) is 6.61 Å². The fraction of sp³-hybridized carbons (Fsp3) is 0.217. The van der Waals surface area contributed by atoms with Crippen molar-refractivity contribution >= 4 is 44.1 Å². The van der Waals surface area contributed by atoms with Gasteiger partial charge < -0.3 is 14.8 Å². The molecule has 3 rings (SSSR count). The zero-order valence-corrected chi connectivity index (χ0v) is 19.4. The van der Waals surface area contributed by atoms with E-state index in [9.17, 15) is 9.59 Å². The van der Waals surface area contributed by atoms with E-state index in [-0.39, 0.29) is 19.1 Å². The third-order valence-electron chi connectivity index (χ3n) is 4.53. The Morgan fingerprint density at radius 2 is 1.80 bits per heavy atom. The molecule has 1 amide bonds. The number of hydrogen-bond donors (Lipinski definition) is 1. The maximum atomic E-state index is 12.7. The Balaban J connectivity index is 1.82. The summed E-state index contributed by atoms with van der Waals surface area (Å²) in [5.41, 5.74) is 4.31. The normalized spacial score (nSPS) is 10.5. The Morgan fingerprint density at radius 3 is 2.47 bits per heavy atom. The van der Waals surface area contributed by atoms with Crippen molar-refractivity contribution in [3.8, 4) is 16.9 Å². The van der Waals surface area contributed by atoms with Gasteiger partial charge >= 0.3 is 5.97 Å². The van der Waals surface area contributed by atoms with Gasteiger partial charge in [-0.15, -0.1) is 11.3 Å². The molecule has 0 spiro atoms. The third kappa shape index (κ3) is 5.29. The highest BCUT2D eigenvalue weighted by Crippen LogP contribution is 2.37. The number of hydrogen-bond acceptors (Lipinski definition) is 5. The number of amides is 1. The maximum Gasteiger partial charge on any atom is 0.341 e. The molecule has 1 N–H and O–H groups in total. The van der Waals surface area contributed by atoms with Crippen LogP contribution in [0.15, 0.2) is 52.3 Å². The fourth-order valence-corrected chi connectivity index (χ4v) is 4.06. The van der Waals surface area contributed by atoms with Crippen LogP contribution in [-0.2, 0) is 9.53 Å². The Morgan fingerprint density at radius 1 is 1.07 bits per heavy atom. The molecule has 0 saturated carbocycles. The zero-order chi connectivity index (χ0) is 21.7. The highest BCUT2D eigenvalue weighted by molar-refractivity contribution is 9.10. The van der Waals surface area contributed by atoms with Gasteiger partial charge in [0, 0.05) is 15.4 Å². The van der Waals surface area contributed by atoms with E-state index in [0.29, 0.717) is 16.3 Å². The number of esters is 1. The summed E-state index contributed by atoms with van der Waals surface area (Å²) in [5, 5.41) is 5.10. The number of carbonyl (C=O) groups excluding carboxylic acids is 2. The van der Waals surface area contributed by atoms with Crippen molar-refractivity contribution in [2.75, 3.05) is 18.5 Å². The first kappa shape index (κ1) is 22.1. The standard InChI is InChI=1S/C23H22BrNO4S/c1-4-28-23(27)21-19(16-6-5-14(2)15(3)11-16)13-30-22(21)25-20(26)12-29-18-9-7-17(24)8-10-18/h5-11,13H,4,12H2,1-3H3,(H,25,26). The van der Waals surface area contributed by atoms with Gasteiger partial charge in [-0.05, 0) is 61.7 Å². The Labute approximate surface area is 188 Å². The number of nitrogens with one attached hydrogen (secondary N) is 1. The smallest absolute Gasteiger partial charge is 0.341 e. The van der Waals surface area contributed by atoms with Crippen LogP contribution in [0.1, 0.15) is 28.4 Å². The lowest BCUT2D eigenvalue weighted by atomic mass is 9.99. The van der Waals surface area contributed by atoms with E-state index in [4.69, 9.17) is 9.47 Å². The fourth-order valence-electron chi connectivity index (χ4n) is 2.82.